The molecule has 0 bridgehead atoms. The van der Waals surface area contributed by atoms with Gasteiger partial charge in [0.05, 0.1) is 28.4 Å². The van der Waals surface area contributed by atoms with Gasteiger partial charge >= 0.3 is 0 Å². The summed E-state index contributed by atoms with van der Waals surface area (Å²) in [4.78, 5) is 15.8. The molecule has 0 aliphatic carbocycles. The van der Waals surface area contributed by atoms with Gasteiger partial charge in [-0.15, -0.1) is 23.7 Å². The first-order valence-corrected chi connectivity index (χ1v) is 8.79. The second kappa shape index (κ2) is 9.38. The van der Waals surface area contributed by atoms with Crippen molar-refractivity contribution in [3.63, 3.8) is 0 Å². The van der Waals surface area contributed by atoms with Crippen LogP contribution >= 0.6 is 11.3 Å². The number of terminal acetylenes is 1. The highest BCUT2D eigenvalue weighted by atomic mass is 32.1. The highest BCUT2D eigenvalue weighted by Gasteiger charge is 2.20. The number of nitrogens with zero attached hydrogens (tertiary/aromatic N) is 2. The van der Waals surface area contributed by atoms with E-state index in [1.54, 1.807) is 12.1 Å². The topological polar surface area (TPSA) is 44.7 Å². The summed E-state index contributed by atoms with van der Waals surface area (Å²) in [6.45, 7) is 0.316. The van der Waals surface area contributed by atoms with Crippen LogP contribution in [0.25, 0.3) is 0 Å². The zero-order chi connectivity index (χ0) is 17.4. The van der Waals surface area contributed by atoms with Crippen molar-refractivity contribution in [1.82, 2.24) is 10.3 Å². The van der Waals surface area contributed by atoms with Crippen LogP contribution in [0.4, 0.5) is 8.78 Å². The van der Waals surface area contributed by atoms with E-state index in [1.807, 2.05) is 4.90 Å². The van der Waals surface area contributed by atoms with Crippen molar-refractivity contribution < 1.29 is 13.6 Å². The molecule has 1 amide bonds. The molecule has 1 unspecified atom stereocenters. The maximum absolute atomic E-state index is 12.9. The number of carbonyl (C=O) groups excluding carboxylic acids is 1. The number of carbonyl (C=O) groups is 1. The molecule has 0 radical (unpaired) electrons. The van der Waals surface area contributed by atoms with Gasteiger partial charge in [0.25, 0.3) is 5.91 Å². The summed E-state index contributed by atoms with van der Waals surface area (Å²) < 4.78 is 25.0. The fourth-order valence-corrected chi connectivity index (χ4v) is 3.39. The quantitative estimate of drug-likeness (QED) is 0.465. The Morgan fingerprint density at radius 2 is 2.08 bits per heavy atom. The minimum atomic E-state index is -1.60. The molecule has 1 saturated heterocycles. The van der Waals surface area contributed by atoms with E-state index in [0.717, 1.165) is 30.8 Å². The van der Waals surface area contributed by atoms with Crippen molar-refractivity contribution in [2.45, 2.75) is 31.9 Å². The number of alkyl halides is 2. The van der Waals surface area contributed by atoms with Gasteiger partial charge in [-0.05, 0) is 31.4 Å². The van der Waals surface area contributed by atoms with E-state index in [-0.39, 0.29) is 18.9 Å². The van der Waals surface area contributed by atoms with E-state index >= 15 is 0 Å². The van der Waals surface area contributed by atoms with Gasteiger partial charge in [-0.3, -0.25) is 4.79 Å². The number of hydrogen-bond donors (Lipinski definition) is 1. The van der Waals surface area contributed by atoms with Crippen molar-refractivity contribution in [2.75, 3.05) is 26.3 Å². The fraction of sp³-hybridized carbons (Fsp3) is 0.529. The Morgan fingerprint density at radius 1 is 1.38 bits per heavy atom. The maximum atomic E-state index is 12.9. The van der Waals surface area contributed by atoms with Crippen molar-refractivity contribution in [3.05, 3.63) is 21.9 Å². The van der Waals surface area contributed by atoms with Crippen LogP contribution < -0.4 is 5.43 Å². The lowest BCUT2D eigenvalue weighted by atomic mass is 10.1. The van der Waals surface area contributed by atoms with Gasteiger partial charge < -0.3 is 10.3 Å². The Kier molecular flexibility index (Phi) is 7.19. The molecular formula is C17H21F2N3OS. The lowest BCUT2D eigenvalue weighted by Gasteiger charge is -2.26. The zero-order valence-corrected chi connectivity index (χ0v) is 14.2. The number of hydrazone groups is 1. The average molecular weight is 353 g/mol. The maximum Gasteiger partial charge on any atom is 0.263 e. The number of piperidine rings is 1. The molecule has 1 fully saturated rings. The van der Waals surface area contributed by atoms with Crippen LogP contribution in [0.1, 0.15) is 40.2 Å². The zero-order valence-electron chi connectivity index (χ0n) is 13.4. The van der Waals surface area contributed by atoms with Crippen LogP contribution in [0.15, 0.2) is 17.2 Å². The molecule has 4 nitrogen and oxygen atoms in total. The molecule has 0 spiro atoms. The van der Waals surface area contributed by atoms with E-state index in [9.17, 15) is 13.6 Å². The van der Waals surface area contributed by atoms with Crippen LogP contribution in [-0.2, 0) is 0 Å². The van der Waals surface area contributed by atoms with E-state index < -0.39 is 12.8 Å². The van der Waals surface area contributed by atoms with Crippen molar-refractivity contribution >= 4 is 23.0 Å². The van der Waals surface area contributed by atoms with Gasteiger partial charge in [-0.25, -0.2) is 8.78 Å². The normalized spacial score (nSPS) is 16.5. The lowest BCUT2D eigenvalue weighted by Crippen LogP contribution is -2.35. The molecule has 130 valence electrons. The number of rotatable bonds is 7. The number of halogens is 2. The smallest absolute Gasteiger partial charge is 0.263 e. The Hall–Kier alpha value is -1.94. The monoisotopic (exact) mass is 353 g/mol. The molecule has 0 saturated carbocycles. The number of nitrogens with one attached hydrogen (secondary N) is 1. The lowest BCUT2D eigenvalue weighted by molar-refractivity contribution is 0.0729. The molecule has 2 heterocycles. The molecule has 1 aromatic rings. The van der Waals surface area contributed by atoms with Gasteiger partial charge in [0, 0.05) is 13.1 Å². The molecular weight excluding hydrogens is 332 g/mol. The number of thiophene rings is 1. The molecule has 7 heteroatoms. The Balaban J connectivity index is 2.06. The summed E-state index contributed by atoms with van der Waals surface area (Å²) in [5.41, 5.74) is 3.06. The van der Waals surface area contributed by atoms with Gasteiger partial charge in [-0.1, -0.05) is 0 Å². The average Bonchev–Trinajstić information content (AvgIpc) is 3.10. The first-order valence-electron chi connectivity index (χ1n) is 7.98. The minimum absolute atomic E-state index is 0.0280. The van der Waals surface area contributed by atoms with E-state index in [0.29, 0.717) is 10.6 Å². The van der Waals surface area contributed by atoms with Crippen LogP contribution in [0.3, 0.4) is 0 Å². The SMILES string of the molecule is C#CC/C(=N\NCC(F)CF)c1ccc(C(=O)N2CCCCC2)s1. The number of hydrogen-bond acceptors (Lipinski definition) is 4. The van der Waals surface area contributed by atoms with Gasteiger partial charge in [0.2, 0.25) is 0 Å². The molecule has 1 aliphatic rings. The summed E-state index contributed by atoms with van der Waals surface area (Å²) in [6.07, 6.45) is 7.24. The minimum Gasteiger partial charge on any atom is -0.338 e. The fourth-order valence-electron chi connectivity index (χ4n) is 2.43. The van der Waals surface area contributed by atoms with Crippen LogP contribution in [0.5, 0.6) is 0 Å². The van der Waals surface area contributed by atoms with Gasteiger partial charge in [0.15, 0.2) is 0 Å². The van der Waals surface area contributed by atoms with Crippen molar-refractivity contribution in [1.29, 1.82) is 0 Å². The van der Waals surface area contributed by atoms with Crippen LogP contribution in [0, 0.1) is 12.3 Å². The Labute approximate surface area is 144 Å². The highest BCUT2D eigenvalue weighted by Crippen LogP contribution is 2.22. The molecule has 2 rings (SSSR count). The molecule has 1 aliphatic heterocycles. The summed E-state index contributed by atoms with van der Waals surface area (Å²) in [5.74, 6) is 2.52. The Morgan fingerprint density at radius 3 is 2.75 bits per heavy atom. The third kappa shape index (κ3) is 5.03. The standard InChI is InChI=1S/C17H21F2N3OS/c1-2-6-14(21-20-12-13(19)11-18)15-7-8-16(24-15)17(23)22-9-4-3-5-10-22/h1,7-8,13,20H,3-6,9-12H2/b21-14+. The third-order valence-electron chi connectivity index (χ3n) is 3.71. The molecule has 1 atom stereocenters. The van der Waals surface area contributed by atoms with E-state index in [4.69, 9.17) is 6.42 Å². The highest BCUT2D eigenvalue weighted by molar-refractivity contribution is 7.16. The van der Waals surface area contributed by atoms with Crippen molar-refractivity contribution in [3.8, 4) is 12.3 Å². The molecule has 1 aromatic heterocycles. The second-order valence-corrected chi connectivity index (χ2v) is 6.65. The number of likely N-dealkylation sites (tertiary alicyclic amines) is 1. The summed E-state index contributed by atoms with van der Waals surface area (Å²) in [7, 11) is 0. The largest absolute Gasteiger partial charge is 0.338 e. The van der Waals surface area contributed by atoms with Gasteiger partial charge in [0.1, 0.15) is 12.8 Å². The Bertz CT molecular complexity index is 618. The van der Waals surface area contributed by atoms with Crippen LogP contribution in [0.2, 0.25) is 0 Å². The third-order valence-corrected chi connectivity index (χ3v) is 4.83. The van der Waals surface area contributed by atoms with E-state index in [2.05, 4.69) is 16.4 Å². The van der Waals surface area contributed by atoms with Crippen LogP contribution in [-0.4, -0.2) is 49.0 Å². The predicted octanol–water partition coefficient (Wildman–Crippen LogP) is 3.00. The summed E-state index contributed by atoms with van der Waals surface area (Å²) in [6, 6.07) is 3.56. The molecule has 24 heavy (non-hydrogen) atoms. The van der Waals surface area contributed by atoms with Gasteiger partial charge in [-0.2, -0.15) is 5.10 Å². The predicted molar refractivity (Wildman–Crippen MR) is 92.9 cm³/mol. The summed E-state index contributed by atoms with van der Waals surface area (Å²) >= 11 is 1.32. The second-order valence-electron chi connectivity index (χ2n) is 5.57. The first-order chi connectivity index (χ1) is 11.7. The number of amides is 1. The van der Waals surface area contributed by atoms with Crippen molar-refractivity contribution in [2.24, 2.45) is 5.10 Å². The first kappa shape index (κ1) is 18.4. The summed E-state index contributed by atoms with van der Waals surface area (Å²) in [5, 5.41) is 4.06. The van der Waals surface area contributed by atoms with E-state index in [1.165, 1.54) is 17.8 Å². The molecule has 1 N–H and O–H groups in total. The molecule has 0 aromatic carbocycles.